The molecule has 0 saturated carbocycles. The van der Waals surface area contributed by atoms with Crippen molar-refractivity contribution in [1.82, 2.24) is 15.5 Å². The molecule has 0 atom stereocenters. The number of nitrogens with one attached hydrogen (secondary N) is 2. The molecule has 0 heterocycles. The van der Waals surface area contributed by atoms with Gasteiger partial charge < -0.3 is 15.5 Å². The van der Waals surface area contributed by atoms with E-state index in [4.69, 9.17) is 0 Å². The van der Waals surface area contributed by atoms with Gasteiger partial charge in [-0.1, -0.05) is 48.0 Å². The third kappa shape index (κ3) is 9.45. The van der Waals surface area contributed by atoms with Crippen LogP contribution in [0.2, 0.25) is 0 Å². The van der Waals surface area contributed by atoms with Crippen molar-refractivity contribution in [3.05, 3.63) is 65.7 Å². The summed E-state index contributed by atoms with van der Waals surface area (Å²) in [4.78, 5) is 19.3. The number of aryl methyl sites for hydroxylation is 1. The largest absolute Gasteiger partial charge is 0.356 e. The Morgan fingerprint density at radius 2 is 1.71 bits per heavy atom. The highest BCUT2D eigenvalue weighted by atomic mass is 127. The number of amides is 1. The summed E-state index contributed by atoms with van der Waals surface area (Å²) in [6.07, 6.45) is 0. The van der Waals surface area contributed by atoms with Gasteiger partial charge in [0.05, 0.1) is 13.1 Å². The van der Waals surface area contributed by atoms with E-state index in [2.05, 4.69) is 58.9 Å². The molecule has 28 heavy (non-hydrogen) atoms. The van der Waals surface area contributed by atoms with Crippen LogP contribution in [0.3, 0.4) is 0 Å². The van der Waals surface area contributed by atoms with E-state index in [0.717, 1.165) is 17.9 Å². The van der Waals surface area contributed by atoms with Crippen LogP contribution in [0.1, 0.15) is 11.1 Å². The summed E-state index contributed by atoms with van der Waals surface area (Å²) in [5, 5.41) is 6.43. The summed E-state index contributed by atoms with van der Waals surface area (Å²) in [7, 11) is 3.49. The van der Waals surface area contributed by atoms with Crippen LogP contribution in [-0.4, -0.2) is 49.7 Å². The molecule has 7 heteroatoms. The van der Waals surface area contributed by atoms with Crippen molar-refractivity contribution in [1.29, 1.82) is 0 Å². The highest BCUT2D eigenvalue weighted by Gasteiger charge is 2.06. The van der Waals surface area contributed by atoms with E-state index in [0.29, 0.717) is 12.5 Å². The van der Waals surface area contributed by atoms with Gasteiger partial charge in [-0.25, -0.2) is 4.99 Å². The minimum atomic E-state index is 0. The Morgan fingerprint density at radius 1 is 1.04 bits per heavy atom. The highest BCUT2D eigenvalue weighted by Crippen LogP contribution is 2.15. The van der Waals surface area contributed by atoms with Gasteiger partial charge in [-0.15, -0.1) is 35.7 Å². The Labute approximate surface area is 189 Å². The van der Waals surface area contributed by atoms with Gasteiger partial charge in [-0.3, -0.25) is 4.79 Å². The van der Waals surface area contributed by atoms with Crippen LogP contribution in [0.25, 0.3) is 0 Å². The number of halogens is 1. The van der Waals surface area contributed by atoms with Crippen molar-refractivity contribution in [2.24, 2.45) is 4.99 Å². The topological polar surface area (TPSA) is 56.7 Å². The van der Waals surface area contributed by atoms with Gasteiger partial charge in [0.1, 0.15) is 0 Å². The van der Waals surface area contributed by atoms with Crippen molar-refractivity contribution in [3.63, 3.8) is 0 Å². The van der Waals surface area contributed by atoms with Gasteiger partial charge in [0.2, 0.25) is 5.91 Å². The lowest BCUT2D eigenvalue weighted by Gasteiger charge is -2.15. The lowest BCUT2D eigenvalue weighted by Crippen LogP contribution is -2.43. The van der Waals surface area contributed by atoms with Gasteiger partial charge in [-0.05, 0) is 24.6 Å². The summed E-state index contributed by atoms with van der Waals surface area (Å²) in [6.45, 7) is 3.62. The van der Waals surface area contributed by atoms with E-state index < -0.39 is 0 Å². The Balaban J connectivity index is 0.00000392. The van der Waals surface area contributed by atoms with E-state index in [-0.39, 0.29) is 36.4 Å². The van der Waals surface area contributed by atoms with Crippen LogP contribution >= 0.6 is 35.7 Å². The van der Waals surface area contributed by atoms with Crippen LogP contribution in [0.5, 0.6) is 0 Å². The number of likely N-dealkylation sites (N-methyl/N-ethyl adjacent to an activating group) is 1. The molecule has 0 aliphatic carbocycles. The third-order valence-electron chi connectivity index (χ3n) is 3.85. The maximum Gasteiger partial charge on any atom is 0.241 e. The van der Waals surface area contributed by atoms with E-state index in [1.165, 1.54) is 10.5 Å². The molecule has 2 aromatic rings. The molecule has 1 amide bonds. The van der Waals surface area contributed by atoms with Crippen molar-refractivity contribution in [2.45, 2.75) is 18.4 Å². The van der Waals surface area contributed by atoms with E-state index in [9.17, 15) is 4.79 Å². The lowest BCUT2D eigenvalue weighted by molar-refractivity contribution is -0.127. The number of benzene rings is 2. The van der Waals surface area contributed by atoms with Gasteiger partial charge >= 0.3 is 0 Å². The van der Waals surface area contributed by atoms with Gasteiger partial charge in [0, 0.05) is 31.3 Å². The zero-order valence-electron chi connectivity index (χ0n) is 16.6. The molecular formula is C21H29IN4OS. The number of rotatable bonds is 8. The van der Waals surface area contributed by atoms with Gasteiger partial charge in [0.25, 0.3) is 0 Å². The molecule has 0 aromatic heterocycles. The fourth-order valence-corrected chi connectivity index (χ4v) is 3.00. The number of nitrogens with zero attached hydrogens (tertiary/aromatic N) is 2. The zero-order chi connectivity index (χ0) is 19.5. The van der Waals surface area contributed by atoms with Crippen LogP contribution in [0, 0.1) is 6.92 Å². The van der Waals surface area contributed by atoms with Crippen LogP contribution < -0.4 is 10.6 Å². The Bertz CT molecular complexity index is 736. The summed E-state index contributed by atoms with van der Waals surface area (Å²) in [6, 6.07) is 18.6. The average molecular weight is 512 g/mol. The van der Waals surface area contributed by atoms with Gasteiger partial charge in [-0.2, -0.15) is 0 Å². The normalized spacial score (nSPS) is 10.8. The number of aliphatic imine (C=N–C) groups is 1. The number of carbonyl (C=O) groups is 1. The Kier molecular flexibility index (Phi) is 11.7. The minimum absolute atomic E-state index is 0. The maximum absolute atomic E-state index is 11.9. The molecule has 152 valence electrons. The minimum Gasteiger partial charge on any atom is -0.356 e. The standard InChI is InChI=1S/C21H28N4OS.HI/c1-17-9-11-18(12-10-17)15-23-21(24-16-20(26)25(2)3)22-13-14-27-19-7-5-4-6-8-19;/h4-12H,13-16H2,1-3H3,(H2,22,23,24);1H. The Hall–Kier alpha value is -1.74. The maximum atomic E-state index is 11.9. The summed E-state index contributed by atoms with van der Waals surface area (Å²) in [5.74, 6) is 1.58. The molecule has 0 aliphatic heterocycles. The molecule has 0 bridgehead atoms. The van der Waals surface area contributed by atoms with Gasteiger partial charge in [0.15, 0.2) is 5.96 Å². The molecule has 0 unspecified atom stereocenters. The monoisotopic (exact) mass is 512 g/mol. The summed E-state index contributed by atoms with van der Waals surface area (Å²) < 4.78 is 0. The number of hydrogen-bond donors (Lipinski definition) is 2. The second-order valence-electron chi connectivity index (χ2n) is 6.38. The molecule has 5 nitrogen and oxygen atoms in total. The first-order valence-corrected chi connectivity index (χ1v) is 9.99. The first-order chi connectivity index (χ1) is 13.0. The van der Waals surface area contributed by atoms with Crippen molar-refractivity contribution in [2.75, 3.05) is 32.9 Å². The van der Waals surface area contributed by atoms with Crippen LogP contribution in [-0.2, 0) is 11.3 Å². The predicted octanol–water partition coefficient (Wildman–Crippen LogP) is 3.53. The fraction of sp³-hybridized carbons (Fsp3) is 0.333. The van der Waals surface area contributed by atoms with E-state index in [1.54, 1.807) is 30.8 Å². The summed E-state index contributed by atoms with van der Waals surface area (Å²) >= 11 is 1.79. The molecule has 0 aliphatic rings. The molecule has 0 radical (unpaired) electrons. The van der Waals surface area contributed by atoms with E-state index in [1.807, 2.05) is 18.2 Å². The molecule has 2 aromatic carbocycles. The first kappa shape index (κ1) is 24.3. The van der Waals surface area contributed by atoms with Crippen LogP contribution in [0.15, 0.2) is 64.5 Å². The molecule has 0 spiro atoms. The SMILES string of the molecule is Cc1ccc(CN=C(NCCSc2ccccc2)NCC(=O)N(C)C)cc1.I. The van der Waals surface area contributed by atoms with Crippen molar-refractivity contribution in [3.8, 4) is 0 Å². The smallest absolute Gasteiger partial charge is 0.241 e. The zero-order valence-corrected chi connectivity index (χ0v) is 19.8. The van der Waals surface area contributed by atoms with E-state index >= 15 is 0 Å². The second-order valence-corrected chi connectivity index (χ2v) is 7.55. The highest BCUT2D eigenvalue weighted by molar-refractivity contribution is 14.0. The lowest BCUT2D eigenvalue weighted by atomic mass is 10.1. The molecule has 0 fully saturated rings. The summed E-state index contributed by atoms with van der Waals surface area (Å²) in [5.41, 5.74) is 2.37. The number of hydrogen-bond acceptors (Lipinski definition) is 3. The number of guanidine groups is 1. The molecule has 0 saturated heterocycles. The number of carbonyl (C=O) groups excluding carboxylic acids is 1. The predicted molar refractivity (Wildman–Crippen MR) is 130 cm³/mol. The third-order valence-corrected chi connectivity index (χ3v) is 4.87. The Morgan fingerprint density at radius 3 is 2.36 bits per heavy atom. The molecule has 2 N–H and O–H groups in total. The molecule has 2 rings (SSSR count). The fourth-order valence-electron chi connectivity index (χ4n) is 2.21. The van der Waals surface area contributed by atoms with Crippen molar-refractivity contribution < 1.29 is 4.79 Å². The second kappa shape index (κ2) is 13.4. The average Bonchev–Trinajstić information content (AvgIpc) is 2.68. The number of thioether (sulfide) groups is 1. The van der Waals surface area contributed by atoms with Crippen LogP contribution in [0.4, 0.5) is 0 Å². The molecular weight excluding hydrogens is 483 g/mol. The van der Waals surface area contributed by atoms with Crippen molar-refractivity contribution >= 4 is 47.6 Å². The quantitative estimate of drug-likeness (QED) is 0.187. The first-order valence-electron chi connectivity index (χ1n) is 9.00.